The van der Waals surface area contributed by atoms with Crippen LogP contribution in [0.1, 0.15) is 12.0 Å². The molecule has 4 nitrogen and oxygen atoms in total. The molecule has 1 atom stereocenters. The van der Waals surface area contributed by atoms with Crippen LogP contribution in [0, 0.1) is 5.82 Å². The third-order valence-electron chi connectivity index (χ3n) is 4.56. The van der Waals surface area contributed by atoms with Gasteiger partial charge in [-0.1, -0.05) is 18.2 Å². The van der Waals surface area contributed by atoms with Crippen molar-refractivity contribution in [3.05, 3.63) is 35.6 Å². The molecule has 2 heterocycles. The summed E-state index contributed by atoms with van der Waals surface area (Å²) in [6.45, 7) is 6.76. The average Bonchev–Trinajstić information content (AvgIpc) is 2.90. The quantitative estimate of drug-likeness (QED) is 0.856. The number of nitrogens with one attached hydrogen (secondary N) is 1. The summed E-state index contributed by atoms with van der Waals surface area (Å²) in [7, 11) is 0. The van der Waals surface area contributed by atoms with Gasteiger partial charge in [0, 0.05) is 51.4 Å². The Bertz CT molecular complexity index is 468. The molecule has 3 rings (SSSR count). The minimum Gasteiger partial charge on any atom is -0.387 e. The van der Waals surface area contributed by atoms with Crippen LogP contribution in [0.2, 0.25) is 0 Å². The average molecular weight is 293 g/mol. The molecule has 0 saturated carbocycles. The number of benzene rings is 1. The van der Waals surface area contributed by atoms with Crippen molar-refractivity contribution in [3.63, 3.8) is 0 Å². The van der Waals surface area contributed by atoms with E-state index < -0.39 is 5.60 Å². The summed E-state index contributed by atoms with van der Waals surface area (Å²) in [5.74, 6) is -0.119. The largest absolute Gasteiger partial charge is 0.387 e. The summed E-state index contributed by atoms with van der Waals surface area (Å²) in [4.78, 5) is 4.61. The maximum atomic E-state index is 13.7. The van der Waals surface area contributed by atoms with Crippen molar-refractivity contribution < 1.29 is 9.50 Å². The molecule has 0 bridgehead atoms. The molecule has 1 aromatic carbocycles. The molecule has 0 radical (unpaired) electrons. The monoisotopic (exact) mass is 293 g/mol. The van der Waals surface area contributed by atoms with Gasteiger partial charge in [-0.05, 0) is 19.0 Å². The zero-order chi connectivity index (χ0) is 14.7. The van der Waals surface area contributed by atoms with E-state index in [1.807, 2.05) is 12.1 Å². The van der Waals surface area contributed by atoms with Gasteiger partial charge in [0.15, 0.2) is 0 Å². The number of rotatable bonds is 4. The fourth-order valence-corrected chi connectivity index (χ4v) is 3.25. The standard InChI is InChI=1S/C16H24FN3O/c17-15-4-2-1-3-14(15)11-19-7-9-20(10-8-19)13-16(21)5-6-18-12-16/h1-4,18,21H,5-13H2. The minimum absolute atomic E-state index is 0.119. The van der Waals surface area contributed by atoms with Crippen molar-refractivity contribution >= 4 is 0 Å². The van der Waals surface area contributed by atoms with E-state index in [4.69, 9.17) is 0 Å². The van der Waals surface area contributed by atoms with Crippen LogP contribution < -0.4 is 5.32 Å². The van der Waals surface area contributed by atoms with Gasteiger partial charge < -0.3 is 10.4 Å². The van der Waals surface area contributed by atoms with E-state index in [0.717, 1.165) is 51.3 Å². The van der Waals surface area contributed by atoms with Gasteiger partial charge in [0.2, 0.25) is 0 Å². The molecule has 0 aliphatic carbocycles. The molecule has 0 spiro atoms. The molecule has 0 aromatic heterocycles. The zero-order valence-corrected chi connectivity index (χ0v) is 12.4. The fraction of sp³-hybridized carbons (Fsp3) is 0.625. The molecule has 2 saturated heterocycles. The maximum absolute atomic E-state index is 13.7. The van der Waals surface area contributed by atoms with Gasteiger partial charge in [-0.15, -0.1) is 0 Å². The Morgan fingerprint density at radius 1 is 1.14 bits per heavy atom. The Kier molecular flexibility index (Phi) is 4.54. The molecule has 0 amide bonds. The van der Waals surface area contributed by atoms with Crippen LogP contribution in [0.15, 0.2) is 24.3 Å². The molecule has 1 aromatic rings. The molecule has 1 unspecified atom stereocenters. The molecule has 21 heavy (non-hydrogen) atoms. The summed E-state index contributed by atoms with van der Waals surface area (Å²) in [6, 6.07) is 6.99. The molecular weight excluding hydrogens is 269 g/mol. The van der Waals surface area contributed by atoms with Crippen LogP contribution in [0.25, 0.3) is 0 Å². The van der Waals surface area contributed by atoms with Crippen molar-refractivity contribution in [2.75, 3.05) is 45.8 Å². The van der Waals surface area contributed by atoms with Crippen molar-refractivity contribution in [2.24, 2.45) is 0 Å². The summed E-state index contributed by atoms with van der Waals surface area (Å²) in [5.41, 5.74) is 0.206. The van der Waals surface area contributed by atoms with Gasteiger partial charge in [-0.25, -0.2) is 4.39 Å². The van der Waals surface area contributed by atoms with E-state index in [9.17, 15) is 9.50 Å². The second-order valence-electron chi connectivity index (χ2n) is 6.29. The highest BCUT2D eigenvalue weighted by Crippen LogP contribution is 2.18. The predicted molar refractivity (Wildman–Crippen MR) is 80.6 cm³/mol. The number of hydrogen-bond acceptors (Lipinski definition) is 4. The topological polar surface area (TPSA) is 38.7 Å². The molecule has 116 valence electrons. The lowest BCUT2D eigenvalue weighted by molar-refractivity contribution is 0.00418. The predicted octanol–water partition coefficient (Wildman–Crippen LogP) is 0.668. The van der Waals surface area contributed by atoms with Crippen LogP contribution in [0.3, 0.4) is 0 Å². The lowest BCUT2D eigenvalue weighted by atomic mass is 10.0. The van der Waals surface area contributed by atoms with Crippen LogP contribution in [0.4, 0.5) is 4.39 Å². The number of hydrogen-bond donors (Lipinski definition) is 2. The highest BCUT2D eigenvalue weighted by atomic mass is 19.1. The third kappa shape index (κ3) is 3.80. The summed E-state index contributed by atoms with van der Waals surface area (Å²) in [5, 5.41) is 13.6. The summed E-state index contributed by atoms with van der Waals surface area (Å²) < 4.78 is 13.7. The second kappa shape index (κ2) is 6.40. The van der Waals surface area contributed by atoms with E-state index in [0.29, 0.717) is 13.1 Å². The number of nitrogens with zero attached hydrogens (tertiary/aromatic N) is 2. The van der Waals surface area contributed by atoms with Crippen molar-refractivity contribution in [2.45, 2.75) is 18.6 Å². The van der Waals surface area contributed by atoms with E-state index >= 15 is 0 Å². The Balaban J connectivity index is 1.48. The highest BCUT2D eigenvalue weighted by molar-refractivity contribution is 5.17. The Hall–Kier alpha value is -1.01. The van der Waals surface area contributed by atoms with Gasteiger partial charge in [0.25, 0.3) is 0 Å². The van der Waals surface area contributed by atoms with Gasteiger partial charge in [0.05, 0.1) is 5.60 Å². The Morgan fingerprint density at radius 3 is 2.52 bits per heavy atom. The van der Waals surface area contributed by atoms with Gasteiger partial charge in [0.1, 0.15) is 5.82 Å². The fourth-order valence-electron chi connectivity index (χ4n) is 3.25. The SMILES string of the molecule is OC1(CN2CCN(Cc3ccccc3F)CC2)CCNC1. The number of β-amino-alcohol motifs (C(OH)–C–C–N with tert-alkyl or cyclic N) is 1. The number of halogens is 1. The maximum Gasteiger partial charge on any atom is 0.127 e. The smallest absolute Gasteiger partial charge is 0.127 e. The van der Waals surface area contributed by atoms with Crippen molar-refractivity contribution in [1.82, 2.24) is 15.1 Å². The normalized spacial score (nSPS) is 28.1. The van der Waals surface area contributed by atoms with Crippen LogP contribution in [-0.2, 0) is 6.54 Å². The first-order valence-corrected chi connectivity index (χ1v) is 7.76. The van der Waals surface area contributed by atoms with Crippen LogP contribution in [-0.4, -0.2) is 66.3 Å². The lowest BCUT2D eigenvalue weighted by Gasteiger charge is -2.38. The molecule has 2 aliphatic rings. The van der Waals surface area contributed by atoms with Gasteiger partial charge in [-0.2, -0.15) is 0 Å². The number of piperazine rings is 1. The molecule has 2 N–H and O–H groups in total. The lowest BCUT2D eigenvalue weighted by Crippen LogP contribution is -2.52. The first kappa shape index (κ1) is 14.9. The van der Waals surface area contributed by atoms with E-state index in [1.54, 1.807) is 6.07 Å². The van der Waals surface area contributed by atoms with Crippen LogP contribution in [0.5, 0.6) is 0 Å². The van der Waals surface area contributed by atoms with Crippen LogP contribution >= 0.6 is 0 Å². The van der Waals surface area contributed by atoms with Crippen molar-refractivity contribution in [3.8, 4) is 0 Å². The third-order valence-corrected chi connectivity index (χ3v) is 4.56. The van der Waals surface area contributed by atoms with Crippen molar-refractivity contribution in [1.29, 1.82) is 0 Å². The van der Waals surface area contributed by atoms with E-state index in [2.05, 4.69) is 15.1 Å². The van der Waals surface area contributed by atoms with E-state index in [-0.39, 0.29) is 5.82 Å². The molecule has 5 heteroatoms. The van der Waals surface area contributed by atoms with Gasteiger partial charge >= 0.3 is 0 Å². The van der Waals surface area contributed by atoms with E-state index in [1.165, 1.54) is 6.07 Å². The first-order chi connectivity index (χ1) is 10.1. The molecular formula is C16H24FN3O. The Labute approximate surface area is 125 Å². The first-order valence-electron chi connectivity index (χ1n) is 7.76. The second-order valence-corrected chi connectivity index (χ2v) is 6.29. The zero-order valence-electron chi connectivity index (χ0n) is 12.4. The highest BCUT2D eigenvalue weighted by Gasteiger charge is 2.33. The molecule has 2 fully saturated rings. The summed E-state index contributed by atoms with van der Waals surface area (Å²) in [6.07, 6.45) is 0.836. The Morgan fingerprint density at radius 2 is 1.86 bits per heavy atom. The molecule has 2 aliphatic heterocycles. The minimum atomic E-state index is -0.562. The summed E-state index contributed by atoms with van der Waals surface area (Å²) >= 11 is 0. The van der Waals surface area contributed by atoms with Gasteiger partial charge in [-0.3, -0.25) is 9.80 Å². The number of aliphatic hydroxyl groups is 1.